The number of benzene rings is 1. The third-order valence-corrected chi connectivity index (χ3v) is 3.85. The minimum atomic E-state index is -1.05. The fraction of sp³-hybridized carbons (Fsp3) is 0.471. The van der Waals surface area contributed by atoms with Crippen LogP contribution in [-0.2, 0) is 4.79 Å². The Hall–Kier alpha value is -2.28. The molecule has 2 aromatic rings. The van der Waals surface area contributed by atoms with E-state index >= 15 is 0 Å². The van der Waals surface area contributed by atoms with Crippen LogP contribution < -0.4 is 5.32 Å². The number of rotatable bonds is 8. The first-order valence-electron chi connectivity index (χ1n) is 8.15. The summed E-state index contributed by atoms with van der Waals surface area (Å²) >= 11 is 0. The molecule has 0 spiro atoms. The molecule has 0 atom stereocenters. The number of nitrogens with zero attached hydrogens (tertiary/aromatic N) is 2. The van der Waals surface area contributed by atoms with Crippen molar-refractivity contribution in [2.24, 2.45) is 0 Å². The maximum Gasteiger partial charge on any atom is 0.227 e. The van der Waals surface area contributed by atoms with E-state index in [2.05, 4.69) is 20.5 Å². The first kappa shape index (κ1) is 18.1. The quantitative estimate of drug-likeness (QED) is 0.691. The molecule has 7 heteroatoms. The smallest absolute Gasteiger partial charge is 0.227 e. The normalized spacial score (nSPS) is 11.5. The molecule has 0 saturated carbocycles. The lowest BCUT2D eigenvalue weighted by atomic mass is 9.89. The van der Waals surface area contributed by atoms with Crippen molar-refractivity contribution in [3.63, 3.8) is 0 Å². The predicted molar refractivity (Wildman–Crippen MR) is 89.8 cm³/mol. The van der Waals surface area contributed by atoms with Gasteiger partial charge in [-0.05, 0) is 31.0 Å². The van der Waals surface area contributed by atoms with Crippen molar-refractivity contribution in [3.05, 3.63) is 30.3 Å². The maximum atomic E-state index is 14.0. The van der Waals surface area contributed by atoms with Gasteiger partial charge < -0.3 is 10.4 Å². The Balaban J connectivity index is 2.12. The van der Waals surface area contributed by atoms with Crippen LogP contribution in [0.2, 0.25) is 0 Å². The molecule has 0 bridgehead atoms. The summed E-state index contributed by atoms with van der Waals surface area (Å²) in [6.45, 7) is 3.91. The first-order chi connectivity index (χ1) is 11.5. The van der Waals surface area contributed by atoms with Crippen molar-refractivity contribution in [3.8, 4) is 11.4 Å². The van der Waals surface area contributed by atoms with E-state index in [9.17, 15) is 14.3 Å². The molecule has 130 valence electrons. The van der Waals surface area contributed by atoms with Crippen LogP contribution >= 0.6 is 0 Å². The van der Waals surface area contributed by atoms with E-state index in [1.54, 1.807) is 6.07 Å². The zero-order chi connectivity index (χ0) is 17.6. The highest BCUT2D eigenvalue weighted by Crippen LogP contribution is 2.26. The SMILES string of the molecule is CCCC(O)(CCC)CC(=O)Nc1cc(-c2ncn[nH]2)ccc1F. The number of anilines is 1. The summed E-state index contributed by atoms with van der Waals surface area (Å²) in [5.41, 5.74) is -0.377. The van der Waals surface area contributed by atoms with Crippen molar-refractivity contribution >= 4 is 11.6 Å². The van der Waals surface area contributed by atoms with Gasteiger partial charge in [0.1, 0.15) is 12.1 Å². The summed E-state index contributed by atoms with van der Waals surface area (Å²) in [6.07, 6.45) is 3.93. The molecule has 0 aliphatic rings. The molecule has 24 heavy (non-hydrogen) atoms. The number of aromatic amines is 1. The lowest BCUT2D eigenvalue weighted by Gasteiger charge is -2.26. The van der Waals surface area contributed by atoms with Crippen LogP contribution in [-0.4, -0.2) is 31.8 Å². The largest absolute Gasteiger partial charge is 0.389 e. The molecule has 0 unspecified atom stereocenters. The number of hydrogen-bond acceptors (Lipinski definition) is 4. The second-order valence-electron chi connectivity index (χ2n) is 5.98. The molecule has 0 radical (unpaired) electrons. The minimum absolute atomic E-state index is 0.0549. The van der Waals surface area contributed by atoms with E-state index in [0.29, 0.717) is 24.2 Å². The summed E-state index contributed by atoms with van der Waals surface area (Å²) < 4.78 is 14.0. The number of amides is 1. The molecule has 0 aliphatic carbocycles. The van der Waals surface area contributed by atoms with Gasteiger partial charge in [-0.15, -0.1) is 0 Å². The van der Waals surface area contributed by atoms with E-state index in [1.807, 2.05) is 13.8 Å². The first-order valence-corrected chi connectivity index (χ1v) is 8.15. The van der Waals surface area contributed by atoms with E-state index in [-0.39, 0.29) is 12.1 Å². The van der Waals surface area contributed by atoms with Crippen molar-refractivity contribution in [2.45, 2.75) is 51.6 Å². The third-order valence-electron chi connectivity index (χ3n) is 3.85. The van der Waals surface area contributed by atoms with Crippen molar-refractivity contribution < 1.29 is 14.3 Å². The third kappa shape index (κ3) is 4.61. The van der Waals surface area contributed by atoms with Crippen LogP contribution in [0.1, 0.15) is 46.0 Å². The van der Waals surface area contributed by atoms with Crippen molar-refractivity contribution in [1.82, 2.24) is 15.2 Å². The second kappa shape index (κ2) is 8.01. The van der Waals surface area contributed by atoms with Gasteiger partial charge in [0, 0.05) is 5.56 Å². The molecule has 0 fully saturated rings. The Morgan fingerprint density at radius 2 is 2.04 bits per heavy atom. The van der Waals surface area contributed by atoms with Gasteiger partial charge in [-0.2, -0.15) is 5.10 Å². The van der Waals surface area contributed by atoms with Crippen LogP contribution in [0.5, 0.6) is 0 Å². The van der Waals surface area contributed by atoms with Gasteiger partial charge in [-0.25, -0.2) is 9.37 Å². The average molecular weight is 334 g/mol. The van der Waals surface area contributed by atoms with Crippen LogP contribution in [0.3, 0.4) is 0 Å². The Kier molecular flexibility index (Phi) is 6.03. The minimum Gasteiger partial charge on any atom is -0.389 e. The van der Waals surface area contributed by atoms with Crippen LogP contribution in [0.25, 0.3) is 11.4 Å². The lowest BCUT2D eigenvalue weighted by Crippen LogP contribution is -2.34. The van der Waals surface area contributed by atoms with Gasteiger partial charge in [-0.3, -0.25) is 9.89 Å². The molecule has 1 amide bonds. The molecule has 3 N–H and O–H groups in total. The number of carbonyl (C=O) groups excluding carboxylic acids is 1. The second-order valence-corrected chi connectivity index (χ2v) is 5.98. The number of halogens is 1. The van der Waals surface area contributed by atoms with Gasteiger partial charge in [-0.1, -0.05) is 26.7 Å². The van der Waals surface area contributed by atoms with E-state index in [1.165, 1.54) is 18.5 Å². The summed E-state index contributed by atoms with van der Waals surface area (Å²) in [5, 5.41) is 19.5. The fourth-order valence-corrected chi connectivity index (χ4v) is 2.84. The number of hydrogen-bond donors (Lipinski definition) is 3. The standard InChI is InChI=1S/C17H23FN4O2/c1-3-7-17(24,8-4-2)10-15(23)21-14-9-12(5-6-13(14)18)16-19-11-20-22-16/h5-6,9,11,24H,3-4,7-8,10H2,1-2H3,(H,21,23)(H,19,20,22). The number of nitrogens with one attached hydrogen (secondary N) is 2. The molecule has 2 rings (SSSR count). The summed E-state index contributed by atoms with van der Waals surface area (Å²) in [4.78, 5) is 16.3. The van der Waals surface area contributed by atoms with Crippen LogP contribution in [0, 0.1) is 5.82 Å². The number of aromatic nitrogens is 3. The zero-order valence-corrected chi connectivity index (χ0v) is 14.0. The molecule has 1 aromatic carbocycles. The Morgan fingerprint density at radius 3 is 2.62 bits per heavy atom. The number of H-pyrrole nitrogens is 1. The molecule has 0 aliphatic heterocycles. The Labute approximate surface area is 140 Å². The Bertz CT molecular complexity index is 667. The van der Waals surface area contributed by atoms with E-state index < -0.39 is 17.3 Å². The molecular weight excluding hydrogens is 311 g/mol. The van der Waals surface area contributed by atoms with Crippen molar-refractivity contribution in [1.29, 1.82) is 0 Å². The average Bonchev–Trinajstić information content (AvgIpc) is 3.04. The van der Waals surface area contributed by atoms with Gasteiger partial charge in [0.2, 0.25) is 5.91 Å². The fourth-order valence-electron chi connectivity index (χ4n) is 2.84. The number of aliphatic hydroxyl groups is 1. The molecular formula is C17H23FN4O2. The molecule has 0 saturated heterocycles. The zero-order valence-electron chi connectivity index (χ0n) is 14.0. The van der Waals surface area contributed by atoms with Crippen LogP contribution in [0.15, 0.2) is 24.5 Å². The van der Waals surface area contributed by atoms with Crippen molar-refractivity contribution in [2.75, 3.05) is 5.32 Å². The maximum absolute atomic E-state index is 14.0. The topological polar surface area (TPSA) is 90.9 Å². The predicted octanol–water partition coefficient (Wildman–Crippen LogP) is 3.27. The van der Waals surface area contributed by atoms with Gasteiger partial charge in [0.05, 0.1) is 17.7 Å². The van der Waals surface area contributed by atoms with Gasteiger partial charge in [0.15, 0.2) is 5.82 Å². The van der Waals surface area contributed by atoms with Gasteiger partial charge >= 0.3 is 0 Å². The highest BCUT2D eigenvalue weighted by molar-refractivity contribution is 5.92. The molecule has 1 heterocycles. The van der Waals surface area contributed by atoms with E-state index in [0.717, 1.165) is 12.8 Å². The summed E-state index contributed by atoms with van der Waals surface area (Å²) in [6, 6.07) is 4.31. The Morgan fingerprint density at radius 1 is 1.33 bits per heavy atom. The lowest BCUT2D eigenvalue weighted by molar-refractivity contribution is -0.121. The van der Waals surface area contributed by atoms with Crippen LogP contribution in [0.4, 0.5) is 10.1 Å². The summed E-state index contributed by atoms with van der Waals surface area (Å²) in [5.74, 6) is -0.465. The molecule has 1 aromatic heterocycles. The molecule has 6 nitrogen and oxygen atoms in total. The number of carbonyl (C=O) groups is 1. The highest BCUT2D eigenvalue weighted by atomic mass is 19.1. The monoisotopic (exact) mass is 334 g/mol. The van der Waals surface area contributed by atoms with Gasteiger partial charge in [0.25, 0.3) is 0 Å². The summed E-state index contributed by atoms with van der Waals surface area (Å²) in [7, 11) is 0. The highest BCUT2D eigenvalue weighted by Gasteiger charge is 2.28. The van der Waals surface area contributed by atoms with E-state index in [4.69, 9.17) is 0 Å².